The van der Waals surface area contributed by atoms with Crippen molar-refractivity contribution in [2.24, 2.45) is 4.99 Å². The van der Waals surface area contributed by atoms with Gasteiger partial charge in [0.05, 0.1) is 24.0 Å². The average Bonchev–Trinajstić information content (AvgIpc) is 3.39. The predicted octanol–water partition coefficient (Wildman–Crippen LogP) is 0.744. The van der Waals surface area contributed by atoms with Gasteiger partial charge in [-0.3, -0.25) is 19.6 Å². The maximum absolute atomic E-state index is 13.0. The highest BCUT2D eigenvalue weighted by molar-refractivity contribution is 5.96. The van der Waals surface area contributed by atoms with Crippen LogP contribution in [0.1, 0.15) is 22.5 Å². The number of hydrogen-bond donors (Lipinski definition) is 1. The summed E-state index contributed by atoms with van der Waals surface area (Å²) in [6.07, 6.45) is 5.95. The van der Waals surface area contributed by atoms with Crippen LogP contribution in [0.5, 0.6) is 0 Å². The smallest absolute Gasteiger partial charge is 0.276 e. The van der Waals surface area contributed by atoms with Crippen LogP contribution in [0, 0.1) is 6.92 Å². The van der Waals surface area contributed by atoms with E-state index in [1.807, 2.05) is 11.1 Å². The van der Waals surface area contributed by atoms with Crippen molar-refractivity contribution in [1.29, 1.82) is 0 Å². The van der Waals surface area contributed by atoms with Gasteiger partial charge in [0.15, 0.2) is 0 Å². The molecule has 1 amide bonds. The number of amides is 1. The summed E-state index contributed by atoms with van der Waals surface area (Å²) in [5.41, 5.74) is 3.80. The lowest BCUT2D eigenvalue weighted by Gasteiger charge is -2.27. The van der Waals surface area contributed by atoms with E-state index in [0.717, 1.165) is 18.5 Å². The van der Waals surface area contributed by atoms with Crippen molar-refractivity contribution in [2.45, 2.75) is 13.3 Å². The number of fused-ring (bicyclic) bond motifs is 1. The van der Waals surface area contributed by atoms with E-state index in [1.54, 1.807) is 25.3 Å². The summed E-state index contributed by atoms with van der Waals surface area (Å²) in [6.45, 7) is 3.81. The normalized spacial score (nSPS) is 16.4. The third-order valence-electron chi connectivity index (χ3n) is 5.14. The standard InChI is InChI=1S/C18H17N7O2/c1-11-14(17(27)23-6-4-12-7-19-8-13(12)10-23)9-20-25(11)18-21-16(26)15-3-2-5-24(15)22-18/h2-3,5,8-9H,4,6-7,10H2,1H3,(H,21,22,26). The van der Waals surface area contributed by atoms with Gasteiger partial charge in [-0.05, 0) is 36.6 Å². The first-order chi connectivity index (χ1) is 13.1. The molecular weight excluding hydrogens is 346 g/mol. The van der Waals surface area contributed by atoms with E-state index < -0.39 is 0 Å². The molecule has 5 rings (SSSR count). The molecule has 0 aliphatic carbocycles. The SMILES string of the molecule is Cc1c(C(=O)N2CCC3=C(C=NC3)C2)cnn1-c1nn2cccc2c(=O)[nH]1. The molecule has 2 aliphatic rings. The highest BCUT2D eigenvalue weighted by Crippen LogP contribution is 2.23. The third kappa shape index (κ3) is 2.42. The highest BCUT2D eigenvalue weighted by Gasteiger charge is 2.27. The molecule has 3 aromatic heterocycles. The van der Waals surface area contributed by atoms with Crippen molar-refractivity contribution in [2.75, 3.05) is 19.6 Å². The second-order valence-electron chi connectivity index (χ2n) is 6.75. The van der Waals surface area contributed by atoms with Crippen molar-refractivity contribution < 1.29 is 4.79 Å². The number of aliphatic imine (C=N–C) groups is 1. The number of carbonyl (C=O) groups excluding carboxylic acids is 1. The molecule has 9 nitrogen and oxygen atoms in total. The van der Waals surface area contributed by atoms with E-state index >= 15 is 0 Å². The minimum absolute atomic E-state index is 0.0741. The van der Waals surface area contributed by atoms with Crippen LogP contribution in [0.15, 0.2) is 45.5 Å². The largest absolute Gasteiger partial charge is 0.334 e. The van der Waals surface area contributed by atoms with Crippen LogP contribution in [-0.4, -0.2) is 61.0 Å². The van der Waals surface area contributed by atoms with Crippen molar-refractivity contribution in [3.8, 4) is 5.95 Å². The number of carbonyl (C=O) groups is 1. The zero-order valence-corrected chi connectivity index (χ0v) is 14.7. The van der Waals surface area contributed by atoms with Crippen LogP contribution in [-0.2, 0) is 0 Å². The lowest BCUT2D eigenvalue weighted by atomic mass is 10.0. The first kappa shape index (κ1) is 15.7. The maximum atomic E-state index is 13.0. The Balaban J connectivity index is 1.48. The van der Waals surface area contributed by atoms with Crippen LogP contribution in [0.2, 0.25) is 0 Å². The van der Waals surface area contributed by atoms with Gasteiger partial charge in [0.25, 0.3) is 11.5 Å². The predicted molar refractivity (Wildman–Crippen MR) is 98.6 cm³/mol. The van der Waals surface area contributed by atoms with E-state index in [2.05, 4.69) is 20.2 Å². The summed E-state index contributed by atoms with van der Waals surface area (Å²) < 4.78 is 2.98. The number of hydrogen-bond acceptors (Lipinski definition) is 5. The Hall–Kier alpha value is -3.49. The molecule has 0 unspecified atom stereocenters. The second kappa shape index (κ2) is 5.76. The van der Waals surface area contributed by atoms with Crippen LogP contribution < -0.4 is 5.56 Å². The summed E-state index contributed by atoms with van der Waals surface area (Å²) >= 11 is 0. The zero-order chi connectivity index (χ0) is 18.5. The minimum Gasteiger partial charge on any atom is -0.334 e. The van der Waals surface area contributed by atoms with Gasteiger partial charge in [0, 0.05) is 25.5 Å². The van der Waals surface area contributed by atoms with Gasteiger partial charge in [0.2, 0.25) is 5.95 Å². The molecule has 9 heteroatoms. The van der Waals surface area contributed by atoms with Gasteiger partial charge in [-0.2, -0.15) is 5.10 Å². The van der Waals surface area contributed by atoms with E-state index in [9.17, 15) is 9.59 Å². The van der Waals surface area contributed by atoms with Gasteiger partial charge in [-0.15, -0.1) is 5.10 Å². The molecule has 136 valence electrons. The molecule has 5 heterocycles. The minimum atomic E-state index is -0.260. The van der Waals surface area contributed by atoms with Gasteiger partial charge in [-0.25, -0.2) is 9.20 Å². The lowest BCUT2D eigenvalue weighted by Crippen LogP contribution is -2.37. The Bertz CT molecular complexity index is 1190. The third-order valence-corrected chi connectivity index (χ3v) is 5.14. The van der Waals surface area contributed by atoms with Crippen molar-refractivity contribution >= 4 is 17.6 Å². The Labute approximate surface area is 153 Å². The molecule has 1 N–H and O–H groups in total. The number of H-pyrrole nitrogens is 1. The summed E-state index contributed by atoms with van der Waals surface area (Å²) in [5, 5.41) is 8.65. The Morgan fingerprint density at radius 3 is 3.11 bits per heavy atom. The lowest BCUT2D eigenvalue weighted by molar-refractivity contribution is 0.0766. The van der Waals surface area contributed by atoms with Crippen LogP contribution in [0.3, 0.4) is 0 Å². The molecule has 0 spiro atoms. The van der Waals surface area contributed by atoms with Gasteiger partial charge >= 0.3 is 0 Å². The second-order valence-corrected chi connectivity index (χ2v) is 6.75. The Kier molecular flexibility index (Phi) is 3.36. The van der Waals surface area contributed by atoms with Gasteiger partial charge < -0.3 is 4.90 Å². The molecule has 27 heavy (non-hydrogen) atoms. The molecule has 0 aromatic carbocycles. The first-order valence-electron chi connectivity index (χ1n) is 8.74. The summed E-state index contributed by atoms with van der Waals surface area (Å²) in [4.78, 5) is 34.0. The number of rotatable bonds is 2. The number of nitrogens with one attached hydrogen (secondary N) is 1. The van der Waals surface area contributed by atoms with Crippen LogP contribution in [0.4, 0.5) is 0 Å². The topological polar surface area (TPSA) is 101 Å². The van der Waals surface area contributed by atoms with Crippen molar-refractivity contribution in [3.63, 3.8) is 0 Å². The van der Waals surface area contributed by atoms with E-state index in [4.69, 9.17) is 0 Å². The van der Waals surface area contributed by atoms with E-state index in [1.165, 1.54) is 21.0 Å². The fourth-order valence-corrected chi connectivity index (χ4v) is 3.61. The number of aromatic nitrogens is 5. The van der Waals surface area contributed by atoms with Crippen LogP contribution >= 0.6 is 0 Å². The van der Waals surface area contributed by atoms with Crippen LogP contribution in [0.25, 0.3) is 11.5 Å². The van der Waals surface area contributed by atoms with Crippen molar-refractivity contribution in [1.82, 2.24) is 29.3 Å². The Morgan fingerprint density at radius 1 is 1.33 bits per heavy atom. The molecule has 0 atom stereocenters. The highest BCUT2D eigenvalue weighted by atomic mass is 16.2. The van der Waals surface area contributed by atoms with Gasteiger partial charge in [-0.1, -0.05) is 0 Å². The summed E-state index contributed by atoms with van der Waals surface area (Å²) in [5.74, 6) is 0.196. The molecule has 0 bridgehead atoms. The number of aromatic amines is 1. The van der Waals surface area contributed by atoms with E-state index in [-0.39, 0.29) is 17.4 Å². The fourth-order valence-electron chi connectivity index (χ4n) is 3.61. The number of nitrogens with zero attached hydrogens (tertiary/aromatic N) is 6. The fraction of sp³-hybridized carbons (Fsp3) is 0.278. The summed E-state index contributed by atoms with van der Waals surface area (Å²) in [6, 6.07) is 3.43. The zero-order valence-electron chi connectivity index (χ0n) is 14.7. The molecule has 0 fully saturated rings. The van der Waals surface area contributed by atoms with Crippen molar-refractivity contribution in [3.05, 3.63) is 57.3 Å². The molecule has 2 aliphatic heterocycles. The first-order valence-corrected chi connectivity index (χ1v) is 8.74. The molecule has 3 aromatic rings. The molecule has 0 saturated carbocycles. The van der Waals surface area contributed by atoms with E-state index in [0.29, 0.717) is 29.9 Å². The van der Waals surface area contributed by atoms with Gasteiger partial charge in [0.1, 0.15) is 5.52 Å². The molecular formula is C18H17N7O2. The molecule has 0 radical (unpaired) electrons. The maximum Gasteiger partial charge on any atom is 0.276 e. The average molecular weight is 363 g/mol. The molecule has 0 saturated heterocycles. The monoisotopic (exact) mass is 363 g/mol. The quantitative estimate of drug-likeness (QED) is 0.726. The Morgan fingerprint density at radius 2 is 2.22 bits per heavy atom. The summed E-state index contributed by atoms with van der Waals surface area (Å²) in [7, 11) is 0.